The molecular weight excluding hydrogens is 209 g/mol. The van der Waals surface area contributed by atoms with Crippen LogP contribution in [0.1, 0.15) is 12.5 Å². The summed E-state index contributed by atoms with van der Waals surface area (Å²) in [6.07, 6.45) is 0. The Morgan fingerprint density at radius 1 is 1.54 bits per heavy atom. The van der Waals surface area contributed by atoms with E-state index in [1.807, 2.05) is 6.92 Å². The summed E-state index contributed by atoms with van der Waals surface area (Å²) in [5, 5.41) is 7.62. The van der Waals surface area contributed by atoms with E-state index in [1.165, 1.54) is 0 Å². The van der Waals surface area contributed by atoms with Crippen LogP contribution < -0.4 is 4.74 Å². The van der Waals surface area contributed by atoms with Crippen molar-refractivity contribution in [2.45, 2.75) is 6.92 Å². The Kier molecular flexibility index (Phi) is 3.58. The number of hydrogen-bond acceptors (Lipinski definition) is 2. The number of hydrogen-bond donors (Lipinski definition) is 1. The van der Waals surface area contributed by atoms with Crippen molar-refractivity contribution < 1.29 is 4.74 Å². The molecule has 2 nitrogen and oxygen atoms in total. The minimum atomic E-state index is -0.0232. The first-order chi connectivity index (χ1) is 6.15. The molecule has 13 heavy (non-hydrogen) atoms. The number of halogens is 2. The van der Waals surface area contributed by atoms with Gasteiger partial charge in [-0.1, -0.05) is 23.2 Å². The Bertz CT molecular complexity index is 325. The summed E-state index contributed by atoms with van der Waals surface area (Å²) in [4.78, 5) is 0. The van der Waals surface area contributed by atoms with Gasteiger partial charge in [-0.3, -0.25) is 5.41 Å². The van der Waals surface area contributed by atoms with Gasteiger partial charge in [0.2, 0.25) is 0 Å². The third-order valence-electron chi connectivity index (χ3n) is 1.49. The second-order valence-corrected chi connectivity index (χ2v) is 3.18. The molecule has 0 aromatic heterocycles. The van der Waals surface area contributed by atoms with Crippen molar-refractivity contribution in [1.29, 1.82) is 5.41 Å². The van der Waals surface area contributed by atoms with E-state index in [0.717, 1.165) is 0 Å². The Morgan fingerprint density at radius 3 is 2.69 bits per heavy atom. The van der Waals surface area contributed by atoms with E-state index in [1.54, 1.807) is 18.2 Å². The molecule has 0 fully saturated rings. The van der Waals surface area contributed by atoms with Crippen LogP contribution in [0.5, 0.6) is 5.75 Å². The number of benzene rings is 1. The minimum absolute atomic E-state index is 0.0232. The van der Waals surface area contributed by atoms with E-state index < -0.39 is 0 Å². The molecule has 1 aromatic rings. The summed E-state index contributed by atoms with van der Waals surface area (Å²) < 4.78 is 5.23. The van der Waals surface area contributed by atoms with Crippen molar-refractivity contribution in [3.63, 3.8) is 0 Å². The Balaban J connectivity index is 2.98. The topological polar surface area (TPSA) is 33.1 Å². The summed E-state index contributed by atoms with van der Waals surface area (Å²) in [6, 6.07) is 5.02. The van der Waals surface area contributed by atoms with Crippen molar-refractivity contribution in [1.82, 2.24) is 0 Å². The van der Waals surface area contributed by atoms with Crippen LogP contribution in [0, 0.1) is 5.41 Å². The molecule has 0 spiro atoms. The van der Waals surface area contributed by atoms with E-state index in [-0.39, 0.29) is 5.17 Å². The molecule has 70 valence electrons. The Hall–Kier alpha value is -0.730. The van der Waals surface area contributed by atoms with Gasteiger partial charge in [0.25, 0.3) is 0 Å². The highest BCUT2D eigenvalue weighted by atomic mass is 35.5. The maximum absolute atomic E-state index is 7.17. The van der Waals surface area contributed by atoms with Gasteiger partial charge in [0.05, 0.1) is 11.6 Å². The normalized spacial score (nSPS) is 9.77. The summed E-state index contributed by atoms with van der Waals surface area (Å²) in [6.45, 7) is 2.45. The van der Waals surface area contributed by atoms with E-state index in [0.29, 0.717) is 22.9 Å². The highest BCUT2D eigenvalue weighted by Crippen LogP contribution is 2.25. The van der Waals surface area contributed by atoms with Crippen molar-refractivity contribution in [3.8, 4) is 5.75 Å². The summed E-state index contributed by atoms with van der Waals surface area (Å²) in [5.41, 5.74) is 0.593. The first-order valence-electron chi connectivity index (χ1n) is 3.82. The average molecular weight is 218 g/mol. The lowest BCUT2D eigenvalue weighted by atomic mass is 10.2. The summed E-state index contributed by atoms with van der Waals surface area (Å²) >= 11 is 11.4. The molecule has 0 radical (unpaired) electrons. The highest BCUT2D eigenvalue weighted by molar-refractivity contribution is 6.68. The van der Waals surface area contributed by atoms with Crippen LogP contribution >= 0.6 is 23.2 Å². The second kappa shape index (κ2) is 4.49. The molecule has 1 rings (SSSR count). The van der Waals surface area contributed by atoms with Crippen LogP contribution in [0.3, 0.4) is 0 Å². The Labute approximate surface area is 86.9 Å². The van der Waals surface area contributed by atoms with Gasteiger partial charge >= 0.3 is 0 Å². The standard InChI is InChI=1S/C9H9Cl2NO/c1-2-13-8-4-3-6(9(11)12)5-7(8)10/h3-5,12H,2H2,1H3. The fourth-order valence-electron chi connectivity index (χ4n) is 0.910. The lowest BCUT2D eigenvalue weighted by molar-refractivity contribution is 0.340. The van der Waals surface area contributed by atoms with Crippen LogP contribution in [0.4, 0.5) is 0 Å². The molecule has 0 aliphatic heterocycles. The predicted octanol–water partition coefficient (Wildman–Crippen LogP) is 3.30. The van der Waals surface area contributed by atoms with Gasteiger partial charge in [0.1, 0.15) is 10.9 Å². The zero-order valence-electron chi connectivity index (χ0n) is 7.10. The van der Waals surface area contributed by atoms with E-state index in [4.69, 9.17) is 33.3 Å². The molecule has 0 amide bonds. The molecule has 0 saturated carbocycles. The minimum Gasteiger partial charge on any atom is -0.492 e. The van der Waals surface area contributed by atoms with E-state index >= 15 is 0 Å². The SMILES string of the molecule is CCOc1ccc(C(=N)Cl)cc1Cl. The monoisotopic (exact) mass is 217 g/mol. The molecule has 1 aromatic carbocycles. The summed E-state index contributed by atoms with van der Waals surface area (Å²) in [7, 11) is 0. The van der Waals surface area contributed by atoms with Crippen molar-refractivity contribution in [3.05, 3.63) is 28.8 Å². The van der Waals surface area contributed by atoms with Gasteiger partial charge in [-0.15, -0.1) is 0 Å². The maximum atomic E-state index is 7.17. The van der Waals surface area contributed by atoms with Crippen LogP contribution in [0.15, 0.2) is 18.2 Å². The zero-order chi connectivity index (χ0) is 9.84. The molecule has 0 bridgehead atoms. The molecule has 0 unspecified atom stereocenters. The average Bonchev–Trinajstić information content (AvgIpc) is 2.08. The van der Waals surface area contributed by atoms with Crippen molar-refractivity contribution >= 4 is 28.4 Å². The van der Waals surface area contributed by atoms with Gasteiger partial charge in [0, 0.05) is 5.56 Å². The van der Waals surface area contributed by atoms with Crippen LogP contribution in [-0.4, -0.2) is 11.8 Å². The second-order valence-electron chi connectivity index (χ2n) is 2.39. The molecule has 0 saturated heterocycles. The predicted molar refractivity (Wildman–Crippen MR) is 55.3 cm³/mol. The molecule has 0 atom stereocenters. The maximum Gasteiger partial charge on any atom is 0.137 e. The first-order valence-corrected chi connectivity index (χ1v) is 4.57. The summed E-state index contributed by atoms with van der Waals surface area (Å²) in [5.74, 6) is 0.617. The lowest BCUT2D eigenvalue weighted by Gasteiger charge is -2.05. The number of rotatable bonds is 3. The molecule has 0 heterocycles. The van der Waals surface area contributed by atoms with Gasteiger partial charge < -0.3 is 4.74 Å². The molecule has 0 aliphatic carbocycles. The highest BCUT2D eigenvalue weighted by Gasteiger charge is 2.04. The molecule has 0 aliphatic rings. The van der Waals surface area contributed by atoms with Crippen LogP contribution in [0.25, 0.3) is 0 Å². The van der Waals surface area contributed by atoms with E-state index in [9.17, 15) is 0 Å². The number of ether oxygens (including phenoxy) is 1. The fraction of sp³-hybridized carbons (Fsp3) is 0.222. The molecule has 1 N–H and O–H groups in total. The third kappa shape index (κ3) is 2.61. The smallest absolute Gasteiger partial charge is 0.137 e. The van der Waals surface area contributed by atoms with Crippen LogP contribution in [0.2, 0.25) is 5.02 Å². The third-order valence-corrected chi connectivity index (χ3v) is 2.00. The van der Waals surface area contributed by atoms with Crippen molar-refractivity contribution in [2.24, 2.45) is 0 Å². The lowest BCUT2D eigenvalue weighted by Crippen LogP contribution is -1.94. The van der Waals surface area contributed by atoms with Crippen LogP contribution in [-0.2, 0) is 0 Å². The Morgan fingerprint density at radius 2 is 2.23 bits per heavy atom. The molecule has 4 heteroatoms. The molecular formula is C9H9Cl2NO. The quantitative estimate of drug-likeness (QED) is 0.775. The van der Waals surface area contributed by atoms with Gasteiger partial charge in [-0.05, 0) is 25.1 Å². The fourth-order valence-corrected chi connectivity index (χ4v) is 1.26. The first kappa shape index (κ1) is 10.4. The zero-order valence-corrected chi connectivity index (χ0v) is 8.62. The van der Waals surface area contributed by atoms with Gasteiger partial charge in [-0.2, -0.15) is 0 Å². The van der Waals surface area contributed by atoms with Gasteiger partial charge in [-0.25, -0.2) is 0 Å². The van der Waals surface area contributed by atoms with Crippen molar-refractivity contribution in [2.75, 3.05) is 6.61 Å². The largest absolute Gasteiger partial charge is 0.492 e. The van der Waals surface area contributed by atoms with E-state index in [2.05, 4.69) is 0 Å². The number of nitrogens with one attached hydrogen (secondary N) is 1. The van der Waals surface area contributed by atoms with Gasteiger partial charge in [0.15, 0.2) is 0 Å².